The van der Waals surface area contributed by atoms with E-state index >= 15 is 0 Å². The average molecular weight is 893 g/mol. The van der Waals surface area contributed by atoms with Gasteiger partial charge in [0.25, 0.3) is 0 Å². The Morgan fingerprint density at radius 2 is 0.884 bits per heavy atom. The van der Waals surface area contributed by atoms with Gasteiger partial charge in [-0.2, -0.15) is 0 Å². The lowest BCUT2D eigenvalue weighted by Gasteiger charge is -2.40. The summed E-state index contributed by atoms with van der Waals surface area (Å²) in [7, 11) is 0. The van der Waals surface area contributed by atoms with Crippen molar-refractivity contribution in [3.8, 4) is 33.4 Å². The third kappa shape index (κ3) is 7.40. The molecule has 0 aromatic heterocycles. The normalized spacial score (nSPS) is 18.2. The summed E-state index contributed by atoms with van der Waals surface area (Å²) in [6.07, 6.45) is 11.8. The predicted octanol–water partition coefficient (Wildman–Crippen LogP) is 18.1. The van der Waals surface area contributed by atoms with E-state index in [0.717, 1.165) is 30.6 Å². The number of allylic oxidation sites excluding steroid dienone is 5. The Kier molecular flexibility index (Phi) is 10.5. The third-order valence-electron chi connectivity index (χ3n) is 16.1. The first-order chi connectivity index (χ1) is 33.6. The fraction of sp³-hybridized carbons (Fsp3) is 0.194. The minimum Gasteiger partial charge on any atom is -0.334 e. The van der Waals surface area contributed by atoms with Crippen LogP contribution in [0.2, 0.25) is 0 Å². The van der Waals surface area contributed by atoms with Gasteiger partial charge in [0.2, 0.25) is 0 Å². The van der Waals surface area contributed by atoms with Crippen LogP contribution in [-0.2, 0) is 10.8 Å². The van der Waals surface area contributed by atoms with E-state index in [4.69, 9.17) is 0 Å². The SMILES string of the molecule is CC1CCC(C2=CC=C(c3ccc(-c4cccc(N(c5ccccc5)c5ccc6c(c5)C(C)(C)c5ccccc5-6)c4)cc3)CC2)=CC1N(c1ccccc1)c1ccc2c(c1)C(C)(C)c1ccccc1-2. The molecule has 0 fully saturated rings. The number of rotatable bonds is 9. The Morgan fingerprint density at radius 3 is 1.52 bits per heavy atom. The van der Waals surface area contributed by atoms with Gasteiger partial charge in [-0.1, -0.05) is 186 Å². The van der Waals surface area contributed by atoms with E-state index in [1.54, 1.807) is 0 Å². The monoisotopic (exact) mass is 892 g/mol. The van der Waals surface area contributed by atoms with Crippen LogP contribution in [0.4, 0.5) is 28.4 Å². The zero-order valence-electron chi connectivity index (χ0n) is 40.6. The van der Waals surface area contributed by atoms with Gasteiger partial charge >= 0.3 is 0 Å². The maximum atomic E-state index is 2.62. The third-order valence-corrected chi connectivity index (χ3v) is 16.1. The van der Waals surface area contributed by atoms with Gasteiger partial charge in [-0.15, -0.1) is 0 Å². The van der Waals surface area contributed by atoms with Gasteiger partial charge in [0.05, 0.1) is 6.04 Å². The maximum absolute atomic E-state index is 2.62. The second-order valence-electron chi connectivity index (χ2n) is 20.9. The molecule has 69 heavy (non-hydrogen) atoms. The number of fused-ring (bicyclic) bond motifs is 6. The Balaban J connectivity index is 0.814. The quantitative estimate of drug-likeness (QED) is 0.142. The molecule has 8 aromatic rings. The number of nitrogens with zero attached hydrogens (tertiary/aromatic N) is 2. The molecule has 12 rings (SSSR count). The molecule has 8 aromatic carbocycles. The van der Waals surface area contributed by atoms with E-state index in [1.165, 1.54) is 101 Å². The van der Waals surface area contributed by atoms with Gasteiger partial charge in [-0.05, 0) is 170 Å². The Morgan fingerprint density at radius 1 is 0.377 bits per heavy atom. The van der Waals surface area contributed by atoms with Crippen molar-refractivity contribution >= 4 is 34.0 Å². The molecular weight excluding hydrogens is 833 g/mol. The van der Waals surface area contributed by atoms with Crippen molar-refractivity contribution in [1.29, 1.82) is 0 Å². The molecular formula is C67H60N2. The van der Waals surface area contributed by atoms with E-state index in [2.05, 4.69) is 257 Å². The largest absolute Gasteiger partial charge is 0.334 e. The molecule has 0 saturated carbocycles. The lowest BCUT2D eigenvalue weighted by atomic mass is 9.79. The summed E-state index contributed by atoms with van der Waals surface area (Å²) >= 11 is 0. The maximum Gasteiger partial charge on any atom is 0.0553 e. The zero-order chi connectivity index (χ0) is 46.9. The number of hydrogen-bond acceptors (Lipinski definition) is 2. The summed E-state index contributed by atoms with van der Waals surface area (Å²) in [6.45, 7) is 11.9. The van der Waals surface area contributed by atoms with Crippen LogP contribution < -0.4 is 9.80 Å². The van der Waals surface area contributed by atoms with Crippen LogP contribution in [0, 0.1) is 5.92 Å². The van der Waals surface area contributed by atoms with Crippen LogP contribution >= 0.6 is 0 Å². The number of para-hydroxylation sites is 2. The fourth-order valence-corrected chi connectivity index (χ4v) is 12.2. The van der Waals surface area contributed by atoms with Crippen LogP contribution in [-0.4, -0.2) is 6.04 Å². The van der Waals surface area contributed by atoms with Gasteiger partial charge in [0.1, 0.15) is 0 Å². The molecule has 0 radical (unpaired) electrons. The molecule has 2 atom stereocenters. The lowest BCUT2D eigenvalue weighted by molar-refractivity contribution is 0.451. The summed E-state index contributed by atoms with van der Waals surface area (Å²) < 4.78 is 0. The van der Waals surface area contributed by atoms with Crippen molar-refractivity contribution in [3.63, 3.8) is 0 Å². The van der Waals surface area contributed by atoms with Crippen molar-refractivity contribution in [2.24, 2.45) is 5.92 Å². The molecule has 0 amide bonds. The molecule has 2 heteroatoms. The Bertz CT molecular complexity index is 3350. The van der Waals surface area contributed by atoms with Crippen LogP contribution in [0.15, 0.2) is 223 Å². The minimum atomic E-state index is -0.0753. The Labute approximate surface area is 409 Å². The highest BCUT2D eigenvalue weighted by Gasteiger charge is 2.38. The molecule has 0 saturated heterocycles. The second-order valence-corrected chi connectivity index (χ2v) is 20.9. The predicted molar refractivity (Wildman–Crippen MR) is 292 cm³/mol. The van der Waals surface area contributed by atoms with Crippen LogP contribution in [0.1, 0.15) is 88.1 Å². The van der Waals surface area contributed by atoms with Crippen LogP contribution in [0.3, 0.4) is 0 Å². The molecule has 0 aliphatic heterocycles. The topological polar surface area (TPSA) is 6.48 Å². The van der Waals surface area contributed by atoms with Gasteiger partial charge in [0.15, 0.2) is 0 Å². The highest BCUT2D eigenvalue weighted by atomic mass is 15.2. The standard InChI is InChI=1S/C67H60N2/c1-45-27-28-51(42-65(45)69(53-20-10-7-11-21-53)56-38-40-60-58-24-13-15-26-62(58)67(4,5)64(60)44-56)49-35-31-47(32-36-49)46-29-33-48(34-30-46)50-17-16-22-54(41-50)68(52-18-8-6-9-19-52)55-37-39-59-57-23-12-14-25-61(57)66(2,3)63(59)43-55/h6-26,29-31,33-35,37-45,65H,27-28,32,36H2,1-5H3. The van der Waals surface area contributed by atoms with E-state index in [9.17, 15) is 0 Å². The first kappa shape index (κ1) is 42.9. The van der Waals surface area contributed by atoms with Crippen molar-refractivity contribution in [2.75, 3.05) is 9.80 Å². The van der Waals surface area contributed by atoms with Gasteiger partial charge in [0, 0.05) is 39.3 Å². The lowest BCUT2D eigenvalue weighted by Crippen LogP contribution is -2.37. The molecule has 0 heterocycles. The number of hydrogen-bond donors (Lipinski definition) is 0. The van der Waals surface area contributed by atoms with Crippen LogP contribution in [0.5, 0.6) is 0 Å². The van der Waals surface area contributed by atoms with E-state index in [0.29, 0.717) is 5.92 Å². The summed E-state index contributed by atoms with van der Waals surface area (Å²) in [4.78, 5) is 5.03. The average Bonchev–Trinajstić information content (AvgIpc) is 3.77. The fourth-order valence-electron chi connectivity index (χ4n) is 12.2. The summed E-state index contributed by atoms with van der Waals surface area (Å²) in [5.74, 6) is 0.508. The number of anilines is 5. The highest BCUT2D eigenvalue weighted by Crippen LogP contribution is 2.52. The molecule has 2 unspecified atom stereocenters. The summed E-state index contributed by atoms with van der Waals surface area (Å²) in [6, 6.07) is 72.5. The molecule has 2 nitrogen and oxygen atoms in total. The highest BCUT2D eigenvalue weighted by molar-refractivity contribution is 5.87. The first-order valence-electron chi connectivity index (χ1n) is 25.1. The molecule has 4 aliphatic rings. The molecule has 338 valence electrons. The van der Waals surface area contributed by atoms with Crippen molar-refractivity contribution < 1.29 is 0 Å². The molecule has 4 aliphatic carbocycles. The summed E-state index contributed by atoms with van der Waals surface area (Å²) in [5, 5.41) is 0. The van der Waals surface area contributed by atoms with Crippen molar-refractivity contribution in [3.05, 3.63) is 251 Å². The van der Waals surface area contributed by atoms with Crippen molar-refractivity contribution in [1.82, 2.24) is 0 Å². The second kappa shape index (κ2) is 17.0. The van der Waals surface area contributed by atoms with Gasteiger partial charge in [-0.3, -0.25) is 0 Å². The van der Waals surface area contributed by atoms with Gasteiger partial charge in [-0.25, -0.2) is 0 Å². The number of benzene rings is 8. The molecule has 0 bridgehead atoms. The zero-order valence-corrected chi connectivity index (χ0v) is 40.6. The van der Waals surface area contributed by atoms with Crippen molar-refractivity contribution in [2.45, 2.75) is 77.2 Å². The van der Waals surface area contributed by atoms with E-state index in [1.807, 2.05) is 0 Å². The smallest absolute Gasteiger partial charge is 0.0553 e. The van der Waals surface area contributed by atoms with Crippen LogP contribution in [0.25, 0.3) is 39.0 Å². The molecule has 0 N–H and O–H groups in total. The first-order valence-corrected chi connectivity index (χ1v) is 25.1. The molecule has 0 spiro atoms. The van der Waals surface area contributed by atoms with E-state index in [-0.39, 0.29) is 16.9 Å². The Hall–Kier alpha value is -7.42. The minimum absolute atomic E-state index is 0.0496. The summed E-state index contributed by atoms with van der Waals surface area (Å²) in [5.41, 5.74) is 25.0. The van der Waals surface area contributed by atoms with Gasteiger partial charge < -0.3 is 9.80 Å². The van der Waals surface area contributed by atoms with E-state index < -0.39 is 0 Å².